The van der Waals surface area contributed by atoms with Crippen LogP contribution in [-0.4, -0.2) is 29.9 Å². The van der Waals surface area contributed by atoms with Crippen molar-refractivity contribution in [1.29, 1.82) is 0 Å². The summed E-state index contributed by atoms with van der Waals surface area (Å²) in [4.78, 5) is 13.9. The number of likely N-dealkylation sites (tertiary alicyclic amines) is 1. The van der Waals surface area contributed by atoms with Gasteiger partial charge in [0.15, 0.2) is 0 Å². The van der Waals surface area contributed by atoms with Crippen LogP contribution in [0.5, 0.6) is 0 Å². The van der Waals surface area contributed by atoms with Crippen LogP contribution in [0.2, 0.25) is 0 Å². The zero-order valence-electron chi connectivity index (χ0n) is 16.2. The highest BCUT2D eigenvalue weighted by Gasteiger charge is 2.30. The Morgan fingerprint density at radius 1 is 1.12 bits per heavy atom. The first-order valence-corrected chi connectivity index (χ1v) is 9.62. The predicted octanol–water partition coefficient (Wildman–Crippen LogP) is 3.87. The highest BCUT2D eigenvalue weighted by Crippen LogP contribution is 2.23. The van der Waals surface area contributed by atoms with Gasteiger partial charge in [-0.05, 0) is 54.9 Å². The van der Waals surface area contributed by atoms with Gasteiger partial charge < -0.3 is 10.2 Å². The minimum Gasteiger partial charge on any atom is -0.343 e. The fourth-order valence-electron chi connectivity index (χ4n) is 3.96. The van der Waals surface area contributed by atoms with E-state index in [1.54, 1.807) is 6.92 Å². The summed E-state index contributed by atoms with van der Waals surface area (Å²) in [5.74, 6) is 0.635. The average Bonchev–Trinajstić information content (AvgIpc) is 2.64. The molecule has 26 heavy (non-hydrogen) atoms. The lowest BCUT2D eigenvalue weighted by molar-refractivity contribution is -0.131. The second kappa shape index (κ2) is 8.50. The highest BCUT2D eigenvalue weighted by molar-refractivity contribution is 5.73. The standard InChI is InChI=1S/C23H30N2O/c1-17-8-7-11-21(18(17)2)15-24-23-12-13-25(19(3)26)16-22(23)14-20-9-5-4-6-10-20/h4-11,22-24H,12-16H2,1-3H3/t22-,23+/m1/s1. The summed E-state index contributed by atoms with van der Waals surface area (Å²) in [6.45, 7) is 8.64. The van der Waals surface area contributed by atoms with Crippen LogP contribution in [0, 0.1) is 19.8 Å². The Kier molecular flexibility index (Phi) is 6.10. The first-order chi connectivity index (χ1) is 12.5. The van der Waals surface area contributed by atoms with E-state index in [1.807, 2.05) is 4.90 Å². The molecule has 2 atom stereocenters. The number of aryl methyl sites for hydroxylation is 1. The van der Waals surface area contributed by atoms with Gasteiger partial charge in [-0.3, -0.25) is 4.79 Å². The molecule has 1 fully saturated rings. The fraction of sp³-hybridized carbons (Fsp3) is 0.435. The molecule has 0 unspecified atom stereocenters. The second-order valence-electron chi connectivity index (χ2n) is 7.55. The van der Waals surface area contributed by atoms with Crippen molar-refractivity contribution in [1.82, 2.24) is 10.2 Å². The van der Waals surface area contributed by atoms with Crippen molar-refractivity contribution < 1.29 is 4.79 Å². The molecule has 1 aliphatic rings. The molecule has 3 heteroatoms. The molecule has 0 radical (unpaired) electrons. The van der Waals surface area contributed by atoms with Crippen molar-refractivity contribution in [2.45, 2.75) is 46.2 Å². The van der Waals surface area contributed by atoms with Gasteiger partial charge in [-0.15, -0.1) is 0 Å². The molecule has 1 saturated heterocycles. The lowest BCUT2D eigenvalue weighted by Crippen LogP contribution is -2.51. The van der Waals surface area contributed by atoms with Crippen LogP contribution in [0.15, 0.2) is 48.5 Å². The van der Waals surface area contributed by atoms with Gasteiger partial charge in [-0.1, -0.05) is 48.5 Å². The van der Waals surface area contributed by atoms with Crippen molar-refractivity contribution in [3.05, 3.63) is 70.8 Å². The van der Waals surface area contributed by atoms with Gasteiger partial charge in [-0.2, -0.15) is 0 Å². The van der Waals surface area contributed by atoms with E-state index in [0.717, 1.165) is 32.5 Å². The predicted molar refractivity (Wildman–Crippen MR) is 107 cm³/mol. The van der Waals surface area contributed by atoms with Crippen LogP contribution in [0.4, 0.5) is 0 Å². The molecule has 1 aliphatic heterocycles. The monoisotopic (exact) mass is 350 g/mol. The Morgan fingerprint density at radius 3 is 2.62 bits per heavy atom. The molecule has 1 N–H and O–H groups in total. The van der Waals surface area contributed by atoms with Crippen molar-refractivity contribution in [3.8, 4) is 0 Å². The van der Waals surface area contributed by atoms with Crippen LogP contribution in [0.1, 0.15) is 35.6 Å². The normalized spacial score (nSPS) is 20.2. The number of amides is 1. The third kappa shape index (κ3) is 4.53. The molecule has 0 bridgehead atoms. The van der Waals surface area contributed by atoms with E-state index >= 15 is 0 Å². The molecular weight excluding hydrogens is 320 g/mol. The maximum absolute atomic E-state index is 11.9. The first kappa shape index (κ1) is 18.7. The Bertz CT molecular complexity index is 741. The topological polar surface area (TPSA) is 32.3 Å². The SMILES string of the molecule is CC(=O)N1CC[C@H](NCc2cccc(C)c2C)[C@H](Cc2ccccc2)C1. The lowest BCUT2D eigenvalue weighted by Gasteiger charge is -2.39. The van der Waals surface area contributed by atoms with E-state index in [-0.39, 0.29) is 5.91 Å². The Morgan fingerprint density at radius 2 is 1.88 bits per heavy atom. The van der Waals surface area contributed by atoms with E-state index in [2.05, 4.69) is 67.7 Å². The minimum atomic E-state index is 0.191. The van der Waals surface area contributed by atoms with Crippen LogP contribution in [0.3, 0.4) is 0 Å². The molecule has 0 aromatic heterocycles. The average molecular weight is 351 g/mol. The van der Waals surface area contributed by atoms with Gasteiger partial charge in [0.1, 0.15) is 0 Å². The maximum atomic E-state index is 11.9. The van der Waals surface area contributed by atoms with Crippen molar-refractivity contribution in [3.63, 3.8) is 0 Å². The smallest absolute Gasteiger partial charge is 0.219 e. The van der Waals surface area contributed by atoms with Crippen LogP contribution >= 0.6 is 0 Å². The van der Waals surface area contributed by atoms with E-state index in [1.165, 1.54) is 22.3 Å². The Balaban J connectivity index is 1.70. The molecule has 138 valence electrons. The number of rotatable bonds is 5. The fourth-order valence-corrected chi connectivity index (χ4v) is 3.96. The van der Waals surface area contributed by atoms with E-state index in [9.17, 15) is 4.79 Å². The van der Waals surface area contributed by atoms with Gasteiger partial charge in [0, 0.05) is 32.6 Å². The summed E-state index contributed by atoms with van der Waals surface area (Å²) in [5.41, 5.74) is 5.44. The molecule has 2 aromatic carbocycles. The Hall–Kier alpha value is -2.13. The third-order valence-electron chi connectivity index (χ3n) is 5.79. The number of carbonyl (C=O) groups excluding carboxylic acids is 1. The summed E-state index contributed by atoms with van der Waals surface area (Å²) < 4.78 is 0. The molecule has 1 amide bonds. The van der Waals surface area contributed by atoms with Gasteiger partial charge in [0.2, 0.25) is 5.91 Å². The molecule has 2 aromatic rings. The summed E-state index contributed by atoms with van der Waals surface area (Å²) >= 11 is 0. The number of nitrogens with zero attached hydrogens (tertiary/aromatic N) is 1. The number of carbonyl (C=O) groups is 1. The van der Waals surface area contributed by atoms with Crippen LogP contribution in [0.25, 0.3) is 0 Å². The quantitative estimate of drug-likeness (QED) is 0.888. The summed E-state index contributed by atoms with van der Waals surface area (Å²) in [5, 5.41) is 3.80. The first-order valence-electron chi connectivity index (χ1n) is 9.62. The zero-order valence-corrected chi connectivity index (χ0v) is 16.2. The van der Waals surface area contributed by atoms with Gasteiger partial charge in [0.25, 0.3) is 0 Å². The Labute approximate surface area is 157 Å². The van der Waals surface area contributed by atoms with Crippen LogP contribution < -0.4 is 5.32 Å². The number of benzene rings is 2. The summed E-state index contributed by atoms with van der Waals surface area (Å²) in [7, 11) is 0. The summed E-state index contributed by atoms with van der Waals surface area (Å²) in [6.07, 6.45) is 2.02. The number of piperidine rings is 1. The van der Waals surface area contributed by atoms with Gasteiger partial charge in [-0.25, -0.2) is 0 Å². The van der Waals surface area contributed by atoms with Crippen molar-refractivity contribution in [2.75, 3.05) is 13.1 Å². The largest absolute Gasteiger partial charge is 0.343 e. The van der Waals surface area contributed by atoms with E-state index < -0.39 is 0 Å². The van der Waals surface area contributed by atoms with Gasteiger partial charge >= 0.3 is 0 Å². The molecule has 1 heterocycles. The van der Waals surface area contributed by atoms with E-state index in [4.69, 9.17) is 0 Å². The lowest BCUT2D eigenvalue weighted by atomic mass is 9.86. The van der Waals surface area contributed by atoms with Crippen molar-refractivity contribution >= 4 is 5.91 Å². The zero-order chi connectivity index (χ0) is 18.5. The molecule has 3 rings (SSSR count). The number of nitrogens with one attached hydrogen (secondary N) is 1. The third-order valence-corrected chi connectivity index (χ3v) is 5.79. The molecule has 0 aliphatic carbocycles. The number of hydrogen-bond donors (Lipinski definition) is 1. The second-order valence-corrected chi connectivity index (χ2v) is 7.55. The molecule has 0 saturated carbocycles. The van der Waals surface area contributed by atoms with Gasteiger partial charge in [0.05, 0.1) is 0 Å². The molecular formula is C23H30N2O. The molecule has 0 spiro atoms. The van der Waals surface area contributed by atoms with Crippen LogP contribution in [-0.2, 0) is 17.8 Å². The molecule has 3 nitrogen and oxygen atoms in total. The number of hydrogen-bond acceptors (Lipinski definition) is 2. The highest BCUT2D eigenvalue weighted by atomic mass is 16.2. The summed E-state index contributed by atoms with van der Waals surface area (Å²) in [6, 6.07) is 17.6. The van der Waals surface area contributed by atoms with Crippen molar-refractivity contribution in [2.24, 2.45) is 5.92 Å². The maximum Gasteiger partial charge on any atom is 0.219 e. The minimum absolute atomic E-state index is 0.191. The van der Waals surface area contributed by atoms with E-state index in [0.29, 0.717) is 12.0 Å².